The monoisotopic (exact) mass is 379 g/mol. The van der Waals surface area contributed by atoms with Gasteiger partial charge in [0.1, 0.15) is 17.3 Å². The molecule has 1 aromatic carbocycles. The molecule has 0 fully saturated rings. The van der Waals surface area contributed by atoms with Gasteiger partial charge in [0.05, 0.1) is 11.9 Å². The zero-order chi connectivity index (χ0) is 18.3. The number of fused-ring (bicyclic) bond motifs is 1. The first-order valence-electron chi connectivity index (χ1n) is 7.47. The SMILES string of the molecule is [Na+].[O-]c1nc(-c2cn3ccnc3c(Cc3cc(F)ccc3F)n2)ncc1F. The molecule has 6 nitrogen and oxygen atoms in total. The molecule has 3 heterocycles. The van der Waals surface area contributed by atoms with Gasteiger partial charge in [-0.25, -0.2) is 33.1 Å². The summed E-state index contributed by atoms with van der Waals surface area (Å²) < 4.78 is 42.1. The Morgan fingerprint density at radius 1 is 1.04 bits per heavy atom. The number of hydrogen-bond acceptors (Lipinski definition) is 5. The molecule has 0 aliphatic rings. The largest absolute Gasteiger partial charge is 1.00 e. The van der Waals surface area contributed by atoms with Crippen molar-refractivity contribution in [3.8, 4) is 17.4 Å². The van der Waals surface area contributed by atoms with Crippen molar-refractivity contribution in [2.24, 2.45) is 0 Å². The van der Waals surface area contributed by atoms with Gasteiger partial charge in [-0.2, -0.15) is 0 Å². The first-order valence-corrected chi connectivity index (χ1v) is 7.47. The second-order valence-electron chi connectivity index (χ2n) is 5.49. The minimum Gasteiger partial charge on any atom is -0.856 e. The number of hydrogen-bond donors (Lipinski definition) is 0. The summed E-state index contributed by atoms with van der Waals surface area (Å²) in [5.74, 6) is -3.36. The summed E-state index contributed by atoms with van der Waals surface area (Å²) in [6, 6.07) is 3.13. The molecule has 0 aliphatic carbocycles. The van der Waals surface area contributed by atoms with E-state index in [0.29, 0.717) is 11.3 Å². The quantitative estimate of drug-likeness (QED) is 0.439. The standard InChI is InChI=1S/C17H10F3N5O.Na/c18-10-1-2-11(19)9(5-10)6-13-16-21-3-4-25(16)8-14(23-13)15-22-7-12(20)17(26)24-15;/h1-5,7-8H,6H2,(H,22,24,26);/q;+1/p-1. The summed E-state index contributed by atoms with van der Waals surface area (Å²) in [4.78, 5) is 15.8. The van der Waals surface area contributed by atoms with Crippen LogP contribution in [0, 0.1) is 17.5 Å². The average Bonchev–Trinajstić information content (AvgIpc) is 3.09. The fourth-order valence-corrected chi connectivity index (χ4v) is 2.56. The number of nitrogens with zero attached hydrogens (tertiary/aromatic N) is 5. The third-order valence-corrected chi connectivity index (χ3v) is 3.75. The number of imidazole rings is 1. The van der Waals surface area contributed by atoms with E-state index in [9.17, 15) is 18.3 Å². The Bertz CT molecular complexity index is 1130. The summed E-state index contributed by atoms with van der Waals surface area (Å²) in [5.41, 5.74) is 1.04. The molecular weight excluding hydrogens is 370 g/mol. The van der Waals surface area contributed by atoms with Crippen LogP contribution in [0.5, 0.6) is 5.88 Å². The number of halogens is 3. The maximum atomic E-state index is 14.0. The second kappa shape index (κ2) is 7.63. The van der Waals surface area contributed by atoms with Crippen molar-refractivity contribution in [1.82, 2.24) is 24.3 Å². The van der Waals surface area contributed by atoms with Gasteiger partial charge in [-0.1, -0.05) is 0 Å². The molecule has 0 atom stereocenters. The van der Waals surface area contributed by atoms with E-state index in [-0.39, 0.29) is 53.1 Å². The van der Waals surface area contributed by atoms with Gasteiger partial charge in [0.15, 0.2) is 17.3 Å². The molecule has 0 N–H and O–H groups in total. The smallest absolute Gasteiger partial charge is 0.856 e. The predicted molar refractivity (Wildman–Crippen MR) is 82.6 cm³/mol. The van der Waals surface area contributed by atoms with Gasteiger partial charge in [-0.3, -0.25) is 0 Å². The molecule has 130 valence electrons. The Kier molecular flexibility index (Phi) is 5.45. The van der Waals surface area contributed by atoms with Gasteiger partial charge in [0, 0.05) is 30.9 Å². The van der Waals surface area contributed by atoms with E-state index < -0.39 is 23.3 Å². The minimum absolute atomic E-state index is 0. The molecule has 0 unspecified atom stereocenters. The van der Waals surface area contributed by atoms with E-state index in [1.54, 1.807) is 10.6 Å². The number of benzene rings is 1. The summed E-state index contributed by atoms with van der Waals surface area (Å²) >= 11 is 0. The van der Waals surface area contributed by atoms with Crippen LogP contribution in [0.1, 0.15) is 11.3 Å². The number of rotatable bonds is 3. The van der Waals surface area contributed by atoms with Crippen molar-refractivity contribution in [1.29, 1.82) is 0 Å². The van der Waals surface area contributed by atoms with E-state index >= 15 is 0 Å². The Hall–Kier alpha value is -2.49. The van der Waals surface area contributed by atoms with Gasteiger partial charge in [0.25, 0.3) is 0 Å². The molecule has 0 aliphatic heterocycles. The maximum Gasteiger partial charge on any atom is 1.00 e. The fraction of sp³-hybridized carbons (Fsp3) is 0.0588. The Balaban J connectivity index is 0.00000210. The molecule has 4 rings (SSSR count). The maximum absolute atomic E-state index is 14.0. The van der Waals surface area contributed by atoms with Crippen molar-refractivity contribution in [2.45, 2.75) is 6.42 Å². The zero-order valence-electron chi connectivity index (χ0n) is 14.0. The summed E-state index contributed by atoms with van der Waals surface area (Å²) in [5, 5.41) is 11.4. The van der Waals surface area contributed by atoms with Gasteiger partial charge in [0.2, 0.25) is 0 Å². The molecular formula is C17H9F3N5NaO. The molecule has 0 saturated carbocycles. The van der Waals surface area contributed by atoms with E-state index in [1.807, 2.05) is 0 Å². The first-order chi connectivity index (χ1) is 12.5. The third-order valence-electron chi connectivity index (χ3n) is 3.75. The van der Waals surface area contributed by atoms with Crippen LogP contribution >= 0.6 is 0 Å². The van der Waals surface area contributed by atoms with Gasteiger partial charge in [-0.15, -0.1) is 0 Å². The molecule has 10 heteroatoms. The van der Waals surface area contributed by atoms with Gasteiger partial charge < -0.3 is 9.51 Å². The van der Waals surface area contributed by atoms with E-state index in [1.165, 1.54) is 12.4 Å². The second-order valence-corrected chi connectivity index (χ2v) is 5.49. The summed E-state index contributed by atoms with van der Waals surface area (Å²) in [6.45, 7) is 0. The summed E-state index contributed by atoms with van der Waals surface area (Å²) in [6.07, 6.45) is 5.37. The van der Waals surface area contributed by atoms with Crippen LogP contribution in [0.3, 0.4) is 0 Å². The van der Waals surface area contributed by atoms with Gasteiger partial charge in [-0.05, 0) is 23.8 Å². The van der Waals surface area contributed by atoms with Crippen molar-refractivity contribution in [3.05, 3.63) is 71.7 Å². The van der Waals surface area contributed by atoms with Crippen LogP contribution in [-0.2, 0) is 6.42 Å². The normalized spacial score (nSPS) is 10.8. The minimum atomic E-state index is -1.07. The predicted octanol–water partition coefficient (Wildman–Crippen LogP) is -0.728. The molecule has 0 radical (unpaired) electrons. The Morgan fingerprint density at radius 2 is 1.85 bits per heavy atom. The molecule has 0 spiro atoms. The van der Waals surface area contributed by atoms with Crippen LogP contribution in [0.15, 0.2) is 43.0 Å². The molecule has 0 bridgehead atoms. The average molecular weight is 379 g/mol. The van der Waals surface area contributed by atoms with Crippen molar-refractivity contribution >= 4 is 5.65 Å². The van der Waals surface area contributed by atoms with Crippen LogP contribution in [0.4, 0.5) is 13.2 Å². The van der Waals surface area contributed by atoms with Crippen molar-refractivity contribution in [3.63, 3.8) is 0 Å². The molecule has 0 amide bonds. The molecule has 0 saturated heterocycles. The van der Waals surface area contributed by atoms with Gasteiger partial charge >= 0.3 is 29.6 Å². The fourth-order valence-electron chi connectivity index (χ4n) is 2.56. The van der Waals surface area contributed by atoms with Crippen LogP contribution in [0.25, 0.3) is 17.2 Å². The zero-order valence-corrected chi connectivity index (χ0v) is 16.0. The van der Waals surface area contributed by atoms with Crippen LogP contribution in [0.2, 0.25) is 0 Å². The molecule has 27 heavy (non-hydrogen) atoms. The Morgan fingerprint density at radius 3 is 2.63 bits per heavy atom. The van der Waals surface area contributed by atoms with E-state index in [0.717, 1.165) is 24.4 Å². The third kappa shape index (κ3) is 3.80. The van der Waals surface area contributed by atoms with Crippen LogP contribution in [-0.4, -0.2) is 24.3 Å². The number of aromatic nitrogens is 5. The first kappa shape index (κ1) is 19.3. The molecule has 3 aromatic heterocycles. The molecule has 4 aromatic rings. The van der Waals surface area contributed by atoms with E-state index in [2.05, 4.69) is 19.9 Å². The van der Waals surface area contributed by atoms with E-state index in [4.69, 9.17) is 0 Å². The van der Waals surface area contributed by atoms with Crippen LogP contribution < -0.4 is 34.7 Å². The Labute approximate surface area is 173 Å². The van der Waals surface area contributed by atoms with Crippen molar-refractivity contribution < 1.29 is 47.8 Å². The topological polar surface area (TPSA) is 79.0 Å². The summed E-state index contributed by atoms with van der Waals surface area (Å²) in [7, 11) is 0. The van der Waals surface area contributed by atoms with Crippen molar-refractivity contribution in [2.75, 3.05) is 0 Å².